The number of hydrogen-bond donors (Lipinski definition) is 2. The van der Waals surface area contributed by atoms with Gasteiger partial charge in [0.05, 0.1) is 41.2 Å². The van der Waals surface area contributed by atoms with Gasteiger partial charge in [-0.25, -0.2) is 19.3 Å². The van der Waals surface area contributed by atoms with Crippen LogP contribution in [0.4, 0.5) is 16.3 Å². The number of aryl methyl sites for hydroxylation is 1. The maximum atomic E-state index is 15.0. The zero-order valence-corrected chi connectivity index (χ0v) is 17.4. The van der Waals surface area contributed by atoms with Crippen LogP contribution in [-0.4, -0.2) is 62.9 Å². The van der Waals surface area contributed by atoms with E-state index in [0.29, 0.717) is 48.7 Å². The molecule has 3 aromatic rings. The van der Waals surface area contributed by atoms with E-state index in [1.807, 2.05) is 4.57 Å². The van der Waals surface area contributed by atoms with E-state index < -0.39 is 11.9 Å². The van der Waals surface area contributed by atoms with E-state index in [1.54, 1.807) is 13.1 Å². The molecule has 162 valence electrons. The second-order valence-electron chi connectivity index (χ2n) is 7.66. The topological polar surface area (TPSA) is 105 Å². The van der Waals surface area contributed by atoms with Crippen LogP contribution >= 0.6 is 11.6 Å². The molecule has 0 unspecified atom stereocenters. The molecular weight excluding hydrogens is 427 g/mol. The fourth-order valence-corrected chi connectivity index (χ4v) is 4.17. The van der Waals surface area contributed by atoms with Gasteiger partial charge in [-0.2, -0.15) is 0 Å². The molecule has 0 radical (unpaired) electrons. The van der Waals surface area contributed by atoms with E-state index in [4.69, 9.17) is 16.3 Å². The first-order chi connectivity index (χ1) is 14.9. The predicted octanol–water partition coefficient (Wildman–Crippen LogP) is 2.21. The Balaban J connectivity index is 1.55. The van der Waals surface area contributed by atoms with Crippen molar-refractivity contribution in [2.75, 3.05) is 30.5 Å². The first-order valence-electron chi connectivity index (χ1n) is 9.94. The lowest BCUT2D eigenvalue weighted by atomic mass is 10.1. The van der Waals surface area contributed by atoms with Crippen LogP contribution in [0.25, 0.3) is 22.3 Å². The monoisotopic (exact) mass is 446 g/mol. The summed E-state index contributed by atoms with van der Waals surface area (Å²) in [4.78, 5) is 26.4. The molecule has 2 aromatic heterocycles. The molecule has 1 aromatic carbocycles. The normalized spacial score (nSPS) is 21.4. The van der Waals surface area contributed by atoms with Gasteiger partial charge in [-0.05, 0) is 18.6 Å². The highest BCUT2D eigenvalue weighted by Gasteiger charge is 2.27. The van der Waals surface area contributed by atoms with Gasteiger partial charge in [-0.1, -0.05) is 11.6 Å². The summed E-state index contributed by atoms with van der Waals surface area (Å²) in [6.45, 7) is 1.19. The maximum absolute atomic E-state index is 15.0. The Morgan fingerprint density at radius 2 is 2.19 bits per heavy atom. The number of carbonyl (C=O) groups excluding carboxylic acids is 1. The molecule has 1 saturated heterocycles. The van der Waals surface area contributed by atoms with Crippen molar-refractivity contribution in [1.29, 1.82) is 0 Å². The number of anilines is 2. The van der Waals surface area contributed by atoms with Crippen LogP contribution in [-0.2, 0) is 16.1 Å². The summed E-state index contributed by atoms with van der Waals surface area (Å²) in [6.07, 6.45) is 1.69. The summed E-state index contributed by atoms with van der Waals surface area (Å²) in [5, 5.41) is 13.5. The first-order valence-corrected chi connectivity index (χ1v) is 10.3. The van der Waals surface area contributed by atoms with Gasteiger partial charge >= 0.3 is 0 Å². The van der Waals surface area contributed by atoms with Gasteiger partial charge < -0.3 is 19.7 Å². The summed E-state index contributed by atoms with van der Waals surface area (Å²) in [5.41, 5.74) is 1.58. The molecule has 9 nitrogen and oxygen atoms in total. The van der Waals surface area contributed by atoms with Crippen LogP contribution in [0.1, 0.15) is 12.8 Å². The zero-order chi connectivity index (χ0) is 21.7. The molecule has 0 spiro atoms. The van der Waals surface area contributed by atoms with E-state index in [1.165, 1.54) is 17.2 Å². The Kier molecular flexibility index (Phi) is 4.99. The number of fused-ring (bicyclic) bond motifs is 3. The Hall–Kier alpha value is -2.82. The van der Waals surface area contributed by atoms with Gasteiger partial charge in [0.1, 0.15) is 5.52 Å². The van der Waals surface area contributed by atoms with Gasteiger partial charge in [-0.3, -0.25) is 9.69 Å². The highest BCUT2D eigenvalue weighted by molar-refractivity contribution is 6.33. The molecule has 0 bridgehead atoms. The van der Waals surface area contributed by atoms with Crippen molar-refractivity contribution >= 4 is 40.4 Å². The summed E-state index contributed by atoms with van der Waals surface area (Å²) < 4.78 is 22.0. The number of aromatic nitrogens is 4. The number of halogens is 2. The Morgan fingerprint density at radius 1 is 1.35 bits per heavy atom. The number of imidazole rings is 1. The zero-order valence-electron chi connectivity index (χ0n) is 16.7. The third kappa shape index (κ3) is 3.50. The Bertz CT molecular complexity index is 1190. The number of nitrogens with zero attached hydrogens (tertiary/aromatic N) is 5. The van der Waals surface area contributed by atoms with Crippen LogP contribution in [0.3, 0.4) is 0 Å². The van der Waals surface area contributed by atoms with E-state index >= 15 is 0 Å². The highest BCUT2D eigenvalue weighted by Crippen LogP contribution is 2.34. The molecule has 5 rings (SSSR count). The number of amides is 1. The average molecular weight is 447 g/mol. The van der Waals surface area contributed by atoms with Gasteiger partial charge in [0.25, 0.3) is 0 Å². The third-order valence-corrected chi connectivity index (χ3v) is 5.95. The largest absolute Gasteiger partial charge is 0.389 e. The number of carbonyl (C=O) groups is 1. The van der Waals surface area contributed by atoms with Crippen molar-refractivity contribution in [3.05, 3.63) is 29.2 Å². The lowest BCUT2D eigenvalue weighted by Crippen LogP contribution is -2.42. The second kappa shape index (κ2) is 7.70. The molecular formula is C20H20ClFN6O3. The number of benzene rings is 1. The Labute approximate surface area is 181 Å². The fourth-order valence-electron chi connectivity index (χ4n) is 3.97. The number of nitrogens with one attached hydrogen (secondary N) is 1. The van der Waals surface area contributed by atoms with Crippen LogP contribution in [0.5, 0.6) is 0 Å². The van der Waals surface area contributed by atoms with Gasteiger partial charge in [0.15, 0.2) is 5.82 Å². The lowest BCUT2D eigenvalue weighted by molar-refractivity contribution is -0.119. The summed E-state index contributed by atoms with van der Waals surface area (Å²) in [6, 6.07) is 2.83. The fraction of sp³-hybridized carbons (Fsp3) is 0.400. The molecule has 2 aliphatic rings. The number of ether oxygens (including phenoxy) is 1. The van der Waals surface area contributed by atoms with Crippen LogP contribution in [0.15, 0.2) is 18.3 Å². The molecule has 2 aliphatic heterocycles. The standard InChI is InChI=1S/C20H20ClFN6O3/c1-27-16(30)2-4-28-14-7-10(6-12(22)18(14)26-20(27)28)17-11(21)8-23-19(25-17)24-13-3-5-31-9-15(13)29/h6-8,13,15,29H,2-5,9H2,1H3,(H,23,24,25)/t13-,15-/m1/s1. The van der Waals surface area contributed by atoms with Crippen molar-refractivity contribution in [2.45, 2.75) is 31.5 Å². The molecule has 2 N–H and O–H groups in total. The predicted molar refractivity (Wildman–Crippen MR) is 113 cm³/mol. The van der Waals surface area contributed by atoms with Crippen molar-refractivity contribution in [1.82, 2.24) is 19.5 Å². The van der Waals surface area contributed by atoms with Crippen LogP contribution in [0, 0.1) is 5.82 Å². The van der Waals surface area contributed by atoms with Crippen molar-refractivity contribution in [2.24, 2.45) is 0 Å². The SMILES string of the molecule is CN1C(=O)CCn2c1nc1c(F)cc(-c3nc(N[C@@H]4CCOC[C@H]4O)ncc3Cl)cc12. The summed E-state index contributed by atoms with van der Waals surface area (Å²) in [5.74, 6) is 0.103. The minimum absolute atomic E-state index is 0.0618. The van der Waals surface area contributed by atoms with Crippen molar-refractivity contribution < 1.29 is 19.0 Å². The number of aliphatic hydroxyl groups is 1. The molecule has 11 heteroatoms. The van der Waals surface area contributed by atoms with Crippen LogP contribution < -0.4 is 10.2 Å². The number of hydrogen-bond acceptors (Lipinski definition) is 7. The second-order valence-corrected chi connectivity index (χ2v) is 8.07. The van der Waals surface area contributed by atoms with E-state index in [9.17, 15) is 14.3 Å². The van der Waals surface area contributed by atoms with Gasteiger partial charge in [0.2, 0.25) is 17.8 Å². The number of rotatable bonds is 3. The Morgan fingerprint density at radius 3 is 3.00 bits per heavy atom. The molecule has 4 heterocycles. The van der Waals surface area contributed by atoms with Gasteiger partial charge in [0, 0.05) is 32.2 Å². The molecule has 1 amide bonds. The smallest absolute Gasteiger partial charge is 0.230 e. The lowest BCUT2D eigenvalue weighted by Gasteiger charge is -2.28. The minimum atomic E-state index is -0.678. The van der Waals surface area contributed by atoms with Gasteiger partial charge in [-0.15, -0.1) is 0 Å². The van der Waals surface area contributed by atoms with Crippen molar-refractivity contribution in [3.8, 4) is 11.3 Å². The molecule has 1 fully saturated rings. The summed E-state index contributed by atoms with van der Waals surface area (Å²) in [7, 11) is 1.63. The van der Waals surface area contributed by atoms with E-state index in [-0.39, 0.29) is 35.0 Å². The minimum Gasteiger partial charge on any atom is -0.389 e. The third-order valence-electron chi connectivity index (χ3n) is 5.67. The van der Waals surface area contributed by atoms with E-state index in [0.717, 1.165) is 0 Å². The number of aliphatic hydroxyl groups excluding tert-OH is 1. The summed E-state index contributed by atoms with van der Waals surface area (Å²) >= 11 is 6.35. The molecule has 0 saturated carbocycles. The average Bonchev–Trinajstić information content (AvgIpc) is 3.14. The molecule has 31 heavy (non-hydrogen) atoms. The first kappa shape index (κ1) is 20.1. The van der Waals surface area contributed by atoms with E-state index in [2.05, 4.69) is 20.3 Å². The highest BCUT2D eigenvalue weighted by atomic mass is 35.5. The van der Waals surface area contributed by atoms with Crippen molar-refractivity contribution in [3.63, 3.8) is 0 Å². The quantitative estimate of drug-likeness (QED) is 0.635. The van der Waals surface area contributed by atoms with Crippen LogP contribution in [0.2, 0.25) is 5.02 Å². The molecule has 0 aliphatic carbocycles. The molecule has 2 atom stereocenters. The maximum Gasteiger partial charge on any atom is 0.230 e.